The molecule has 100 valence electrons. The number of carbonyl (C=O) groups is 1. The Balaban J connectivity index is 2.74. The molecule has 0 aliphatic heterocycles. The monoisotopic (exact) mass is 255 g/mol. The Labute approximate surface area is 107 Å². The van der Waals surface area contributed by atoms with Crippen molar-refractivity contribution in [2.24, 2.45) is 5.41 Å². The van der Waals surface area contributed by atoms with Gasteiger partial charge in [-0.3, -0.25) is 9.69 Å². The van der Waals surface area contributed by atoms with E-state index in [0.717, 1.165) is 18.2 Å². The number of benzene rings is 1. The van der Waals surface area contributed by atoms with Gasteiger partial charge in [-0.05, 0) is 30.7 Å². The predicted molar refractivity (Wildman–Crippen MR) is 67.6 cm³/mol. The first-order chi connectivity index (χ1) is 8.19. The number of Topliss-reactive ketones (excluding diaryl/α,β-unsaturated/α-hetero) is 1. The van der Waals surface area contributed by atoms with Crippen molar-refractivity contribution in [3.8, 4) is 0 Å². The molecule has 1 aromatic rings. The summed E-state index contributed by atoms with van der Waals surface area (Å²) in [6.45, 7) is 6.94. The van der Waals surface area contributed by atoms with Crippen molar-refractivity contribution in [3.05, 3.63) is 35.4 Å². The number of likely N-dealkylation sites (N-methyl/N-ethyl adjacent to an activating group) is 1. The van der Waals surface area contributed by atoms with E-state index in [1.165, 1.54) is 0 Å². The predicted octanol–water partition coefficient (Wildman–Crippen LogP) is 3.13. The van der Waals surface area contributed by atoms with E-state index in [1.54, 1.807) is 7.05 Å². The minimum atomic E-state index is -0.675. The summed E-state index contributed by atoms with van der Waals surface area (Å²) in [6, 6.07) is 2.93. The normalized spacial score (nSPS) is 11.9. The summed E-state index contributed by atoms with van der Waals surface area (Å²) in [4.78, 5) is 13.7. The SMILES string of the molecule is CN(CC(=O)c1cc(F)ccc1F)CC(C)(C)C. The van der Waals surface area contributed by atoms with Crippen molar-refractivity contribution >= 4 is 5.78 Å². The first-order valence-corrected chi connectivity index (χ1v) is 5.86. The number of nitrogens with zero attached hydrogens (tertiary/aromatic N) is 1. The van der Waals surface area contributed by atoms with Gasteiger partial charge in [-0.2, -0.15) is 0 Å². The Bertz CT molecular complexity index is 438. The topological polar surface area (TPSA) is 20.3 Å². The van der Waals surface area contributed by atoms with Crippen LogP contribution in [0, 0.1) is 17.0 Å². The van der Waals surface area contributed by atoms with Gasteiger partial charge in [0.15, 0.2) is 5.78 Å². The quantitative estimate of drug-likeness (QED) is 0.770. The molecule has 1 aromatic carbocycles. The summed E-state index contributed by atoms with van der Waals surface area (Å²) < 4.78 is 26.4. The number of carbonyl (C=O) groups excluding carboxylic acids is 1. The van der Waals surface area contributed by atoms with Crippen molar-refractivity contribution in [3.63, 3.8) is 0 Å². The lowest BCUT2D eigenvalue weighted by Crippen LogP contribution is -2.33. The van der Waals surface area contributed by atoms with Gasteiger partial charge in [-0.25, -0.2) is 8.78 Å². The molecule has 0 amide bonds. The Hall–Kier alpha value is -1.29. The summed E-state index contributed by atoms with van der Waals surface area (Å²) in [5, 5.41) is 0. The van der Waals surface area contributed by atoms with Crippen molar-refractivity contribution in [1.82, 2.24) is 4.90 Å². The Kier molecular flexibility index (Phi) is 4.57. The first kappa shape index (κ1) is 14.8. The highest BCUT2D eigenvalue weighted by atomic mass is 19.1. The van der Waals surface area contributed by atoms with Crippen LogP contribution in [-0.2, 0) is 0 Å². The largest absolute Gasteiger partial charge is 0.298 e. The van der Waals surface area contributed by atoms with Crippen LogP contribution in [0.4, 0.5) is 8.78 Å². The molecule has 0 aliphatic rings. The number of hydrogen-bond donors (Lipinski definition) is 0. The standard InChI is InChI=1S/C14H19F2NO/c1-14(2,3)9-17(4)8-13(18)11-7-10(15)5-6-12(11)16/h5-7H,8-9H2,1-4H3. The van der Waals surface area contributed by atoms with Gasteiger partial charge in [0.2, 0.25) is 0 Å². The third kappa shape index (κ3) is 4.53. The van der Waals surface area contributed by atoms with Gasteiger partial charge in [0.05, 0.1) is 12.1 Å². The highest BCUT2D eigenvalue weighted by Crippen LogP contribution is 2.15. The zero-order valence-corrected chi connectivity index (χ0v) is 11.3. The van der Waals surface area contributed by atoms with Gasteiger partial charge in [0, 0.05) is 6.54 Å². The molecule has 0 spiro atoms. The number of ketones is 1. The van der Waals surface area contributed by atoms with Gasteiger partial charge in [-0.1, -0.05) is 20.8 Å². The zero-order valence-electron chi connectivity index (χ0n) is 11.3. The lowest BCUT2D eigenvalue weighted by atomic mass is 9.96. The molecule has 2 nitrogen and oxygen atoms in total. The molecule has 0 unspecified atom stereocenters. The van der Waals surface area contributed by atoms with Crippen LogP contribution in [0.2, 0.25) is 0 Å². The highest BCUT2D eigenvalue weighted by molar-refractivity contribution is 5.97. The molecular formula is C14H19F2NO. The van der Waals surface area contributed by atoms with Crippen LogP contribution in [0.5, 0.6) is 0 Å². The van der Waals surface area contributed by atoms with E-state index >= 15 is 0 Å². The average molecular weight is 255 g/mol. The van der Waals surface area contributed by atoms with Crippen LogP contribution in [0.15, 0.2) is 18.2 Å². The molecule has 0 atom stereocenters. The Morgan fingerprint density at radius 3 is 2.44 bits per heavy atom. The van der Waals surface area contributed by atoms with E-state index < -0.39 is 17.4 Å². The van der Waals surface area contributed by atoms with E-state index in [1.807, 2.05) is 4.90 Å². The van der Waals surface area contributed by atoms with E-state index in [-0.39, 0.29) is 17.5 Å². The third-order valence-electron chi connectivity index (χ3n) is 2.39. The van der Waals surface area contributed by atoms with Gasteiger partial charge in [0.1, 0.15) is 11.6 Å². The van der Waals surface area contributed by atoms with Gasteiger partial charge in [-0.15, -0.1) is 0 Å². The molecule has 0 bridgehead atoms. The van der Waals surface area contributed by atoms with Crippen LogP contribution >= 0.6 is 0 Å². The molecule has 0 heterocycles. The van der Waals surface area contributed by atoms with Gasteiger partial charge < -0.3 is 0 Å². The summed E-state index contributed by atoms with van der Waals surface area (Å²) in [5.41, 5.74) is -0.133. The minimum Gasteiger partial charge on any atom is -0.298 e. The average Bonchev–Trinajstić information content (AvgIpc) is 2.18. The van der Waals surface area contributed by atoms with Crippen molar-refractivity contribution < 1.29 is 13.6 Å². The van der Waals surface area contributed by atoms with Gasteiger partial charge in [0.25, 0.3) is 0 Å². The maximum Gasteiger partial charge on any atom is 0.179 e. The second-order valence-corrected chi connectivity index (χ2v) is 5.78. The van der Waals surface area contributed by atoms with Crippen LogP contribution < -0.4 is 0 Å². The molecule has 18 heavy (non-hydrogen) atoms. The Morgan fingerprint density at radius 2 is 1.89 bits per heavy atom. The summed E-state index contributed by atoms with van der Waals surface area (Å²) in [7, 11) is 1.79. The number of hydrogen-bond acceptors (Lipinski definition) is 2. The van der Waals surface area contributed by atoms with Crippen molar-refractivity contribution in [2.75, 3.05) is 20.1 Å². The molecule has 0 N–H and O–H groups in total. The summed E-state index contributed by atoms with van der Waals surface area (Å²) in [5.74, 6) is -1.68. The fraction of sp³-hybridized carbons (Fsp3) is 0.500. The number of rotatable bonds is 4. The van der Waals surface area contributed by atoms with Crippen LogP contribution in [-0.4, -0.2) is 30.8 Å². The fourth-order valence-electron chi connectivity index (χ4n) is 1.91. The number of halogens is 2. The molecule has 0 aliphatic carbocycles. The molecule has 0 saturated heterocycles. The highest BCUT2D eigenvalue weighted by Gasteiger charge is 2.18. The summed E-state index contributed by atoms with van der Waals surface area (Å²) in [6.07, 6.45) is 0. The zero-order chi connectivity index (χ0) is 13.9. The molecule has 0 aromatic heterocycles. The van der Waals surface area contributed by atoms with E-state index in [4.69, 9.17) is 0 Å². The molecule has 4 heteroatoms. The van der Waals surface area contributed by atoms with Crippen molar-refractivity contribution in [1.29, 1.82) is 0 Å². The first-order valence-electron chi connectivity index (χ1n) is 5.86. The lowest BCUT2D eigenvalue weighted by Gasteiger charge is -2.25. The van der Waals surface area contributed by atoms with Crippen molar-refractivity contribution in [2.45, 2.75) is 20.8 Å². The smallest absolute Gasteiger partial charge is 0.179 e. The minimum absolute atomic E-state index is 0.0511. The van der Waals surface area contributed by atoms with Crippen LogP contribution in [0.3, 0.4) is 0 Å². The Morgan fingerprint density at radius 1 is 1.28 bits per heavy atom. The lowest BCUT2D eigenvalue weighted by molar-refractivity contribution is 0.0922. The van der Waals surface area contributed by atoms with E-state index in [9.17, 15) is 13.6 Å². The molecule has 0 radical (unpaired) electrons. The maximum absolute atomic E-state index is 13.4. The molecular weight excluding hydrogens is 236 g/mol. The second-order valence-electron chi connectivity index (χ2n) is 5.78. The molecule has 0 saturated carbocycles. The van der Waals surface area contributed by atoms with Crippen LogP contribution in [0.25, 0.3) is 0 Å². The maximum atomic E-state index is 13.4. The molecule has 1 rings (SSSR count). The third-order valence-corrected chi connectivity index (χ3v) is 2.39. The summed E-state index contributed by atoms with van der Waals surface area (Å²) >= 11 is 0. The molecule has 0 fully saturated rings. The second kappa shape index (κ2) is 5.57. The van der Waals surface area contributed by atoms with E-state index in [0.29, 0.717) is 6.54 Å². The van der Waals surface area contributed by atoms with Gasteiger partial charge >= 0.3 is 0 Å². The van der Waals surface area contributed by atoms with Crippen LogP contribution in [0.1, 0.15) is 31.1 Å². The fourth-order valence-corrected chi connectivity index (χ4v) is 1.91. The van der Waals surface area contributed by atoms with E-state index in [2.05, 4.69) is 20.8 Å².